The number of esters is 1. The first kappa shape index (κ1) is 23.6. The maximum atomic E-state index is 12.4. The summed E-state index contributed by atoms with van der Waals surface area (Å²) in [6, 6.07) is 9.54. The van der Waals surface area contributed by atoms with E-state index in [1.54, 1.807) is 17.5 Å². The number of nitrogens with one attached hydrogen (secondary N) is 1. The van der Waals surface area contributed by atoms with Crippen molar-refractivity contribution >= 4 is 40.0 Å². The number of carbonyl (C=O) groups is 2. The summed E-state index contributed by atoms with van der Waals surface area (Å²) in [6.45, 7) is 6.62. The van der Waals surface area contributed by atoms with Crippen LogP contribution in [0.25, 0.3) is 0 Å². The molecule has 1 amide bonds. The smallest absolute Gasteiger partial charge is 0.340 e. The molecule has 8 nitrogen and oxygen atoms in total. The van der Waals surface area contributed by atoms with Crippen LogP contribution in [0.5, 0.6) is 5.75 Å². The van der Waals surface area contributed by atoms with Gasteiger partial charge in [-0.3, -0.25) is 9.36 Å². The summed E-state index contributed by atoms with van der Waals surface area (Å²) in [5.41, 5.74) is 1.57. The van der Waals surface area contributed by atoms with Crippen LogP contribution in [0.2, 0.25) is 0 Å². The van der Waals surface area contributed by atoms with Gasteiger partial charge < -0.3 is 14.8 Å². The second kappa shape index (κ2) is 11.5. The normalized spacial score (nSPS) is 10.6. The summed E-state index contributed by atoms with van der Waals surface area (Å²) < 4.78 is 12.4. The first-order valence-electron chi connectivity index (χ1n) is 9.88. The number of methoxy groups -OCH3 is 1. The van der Waals surface area contributed by atoms with Crippen LogP contribution < -0.4 is 10.1 Å². The van der Waals surface area contributed by atoms with Gasteiger partial charge in [0, 0.05) is 6.54 Å². The van der Waals surface area contributed by atoms with Gasteiger partial charge >= 0.3 is 5.97 Å². The SMILES string of the molecule is C=CCn1c(COc2ccc(CC)cc2)nnc1SCC(=O)Nc1sccc1C(=O)OC. The van der Waals surface area contributed by atoms with Crippen LogP contribution in [0, 0.1) is 0 Å². The lowest BCUT2D eigenvalue weighted by Crippen LogP contribution is -2.16. The van der Waals surface area contributed by atoms with E-state index in [1.807, 2.05) is 28.8 Å². The average Bonchev–Trinajstić information content (AvgIpc) is 3.43. The molecule has 1 aromatic carbocycles. The van der Waals surface area contributed by atoms with Crippen LogP contribution in [0.3, 0.4) is 0 Å². The topological polar surface area (TPSA) is 95.3 Å². The third-order valence-corrected chi connectivity index (χ3v) is 6.26. The lowest BCUT2D eigenvalue weighted by atomic mass is 10.2. The molecule has 1 N–H and O–H groups in total. The van der Waals surface area contributed by atoms with Gasteiger partial charge in [-0.1, -0.05) is 36.9 Å². The summed E-state index contributed by atoms with van der Waals surface area (Å²) in [5, 5.41) is 13.9. The standard InChI is InChI=1S/C22H24N4O4S2/c1-4-11-26-18(13-30-16-8-6-15(5-2)7-9-16)24-25-22(26)32-14-19(27)23-20-17(10-12-31-20)21(28)29-3/h4,6-10,12H,1,5,11,13-14H2,2-3H3,(H,23,27). The second-order valence-corrected chi connectivity index (χ2v) is 8.43. The zero-order valence-electron chi connectivity index (χ0n) is 17.9. The fourth-order valence-electron chi connectivity index (χ4n) is 2.78. The zero-order chi connectivity index (χ0) is 22.9. The van der Waals surface area contributed by atoms with E-state index in [1.165, 1.54) is 35.8 Å². The van der Waals surface area contributed by atoms with E-state index < -0.39 is 5.97 Å². The molecule has 32 heavy (non-hydrogen) atoms. The van der Waals surface area contributed by atoms with Crippen molar-refractivity contribution in [1.82, 2.24) is 14.8 Å². The fraction of sp³-hybridized carbons (Fsp3) is 0.273. The Morgan fingerprint density at radius 2 is 2.03 bits per heavy atom. The average molecular weight is 473 g/mol. The van der Waals surface area contributed by atoms with E-state index in [4.69, 9.17) is 9.47 Å². The van der Waals surface area contributed by atoms with Crippen molar-refractivity contribution in [3.8, 4) is 5.75 Å². The molecule has 168 valence electrons. The van der Waals surface area contributed by atoms with Gasteiger partial charge in [0.05, 0.1) is 18.4 Å². The first-order valence-corrected chi connectivity index (χ1v) is 11.7. The Hall–Kier alpha value is -3.11. The van der Waals surface area contributed by atoms with Gasteiger partial charge in [-0.25, -0.2) is 4.79 Å². The molecule has 0 spiro atoms. The van der Waals surface area contributed by atoms with Crippen LogP contribution in [-0.4, -0.2) is 39.5 Å². The van der Waals surface area contributed by atoms with Crippen molar-refractivity contribution in [3.63, 3.8) is 0 Å². The number of anilines is 1. The molecule has 3 rings (SSSR count). The van der Waals surface area contributed by atoms with E-state index >= 15 is 0 Å². The van der Waals surface area contributed by atoms with Crippen LogP contribution in [0.1, 0.15) is 28.7 Å². The van der Waals surface area contributed by atoms with Gasteiger partial charge in [0.25, 0.3) is 0 Å². The number of aromatic nitrogens is 3. The number of amides is 1. The third-order valence-electron chi connectivity index (χ3n) is 4.46. The maximum Gasteiger partial charge on any atom is 0.340 e. The molecule has 0 aliphatic carbocycles. The van der Waals surface area contributed by atoms with Crippen LogP contribution >= 0.6 is 23.1 Å². The van der Waals surface area contributed by atoms with E-state index in [-0.39, 0.29) is 18.3 Å². The summed E-state index contributed by atoms with van der Waals surface area (Å²) in [6.07, 6.45) is 2.71. The number of hydrogen-bond acceptors (Lipinski definition) is 8. The number of rotatable bonds is 11. The number of thiophene rings is 1. The zero-order valence-corrected chi connectivity index (χ0v) is 19.5. The van der Waals surface area contributed by atoms with Gasteiger partial charge in [-0.2, -0.15) is 0 Å². The number of thioether (sulfide) groups is 1. The highest BCUT2D eigenvalue weighted by molar-refractivity contribution is 7.99. The maximum absolute atomic E-state index is 12.4. The molecule has 10 heteroatoms. The number of carbonyl (C=O) groups excluding carboxylic acids is 2. The molecule has 0 atom stereocenters. The highest BCUT2D eigenvalue weighted by Gasteiger charge is 2.17. The Kier molecular flexibility index (Phi) is 8.46. The molecule has 0 radical (unpaired) electrons. The quantitative estimate of drug-likeness (QED) is 0.254. The van der Waals surface area contributed by atoms with Crippen LogP contribution in [0.4, 0.5) is 5.00 Å². The van der Waals surface area contributed by atoms with Crippen molar-refractivity contribution in [3.05, 3.63) is 65.3 Å². The number of benzene rings is 1. The Morgan fingerprint density at radius 3 is 2.72 bits per heavy atom. The predicted molar refractivity (Wildman–Crippen MR) is 125 cm³/mol. The molecule has 2 aromatic heterocycles. The molecule has 0 saturated heterocycles. The molecular formula is C22H24N4O4S2. The Balaban J connectivity index is 1.61. The van der Waals surface area contributed by atoms with Crippen LogP contribution in [0.15, 0.2) is 53.5 Å². The van der Waals surface area contributed by atoms with Crippen molar-refractivity contribution in [2.24, 2.45) is 0 Å². The van der Waals surface area contributed by atoms with E-state index in [0.29, 0.717) is 28.1 Å². The van der Waals surface area contributed by atoms with Gasteiger partial charge in [-0.15, -0.1) is 28.1 Å². The molecule has 3 aromatic rings. The lowest BCUT2D eigenvalue weighted by molar-refractivity contribution is -0.113. The number of ether oxygens (including phenoxy) is 2. The monoisotopic (exact) mass is 472 g/mol. The van der Waals surface area contributed by atoms with Gasteiger partial charge in [0.1, 0.15) is 17.4 Å². The van der Waals surface area contributed by atoms with Crippen molar-refractivity contribution in [2.75, 3.05) is 18.2 Å². The molecule has 0 aliphatic heterocycles. The Labute approximate surface area is 194 Å². The summed E-state index contributed by atoms with van der Waals surface area (Å²) >= 11 is 2.51. The van der Waals surface area contributed by atoms with Crippen LogP contribution in [-0.2, 0) is 29.1 Å². The molecule has 0 bridgehead atoms. The van der Waals surface area contributed by atoms with Crippen molar-refractivity contribution < 1.29 is 19.1 Å². The minimum atomic E-state index is -0.492. The minimum absolute atomic E-state index is 0.104. The number of hydrogen-bond donors (Lipinski definition) is 1. The third kappa shape index (κ3) is 5.98. The summed E-state index contributed by atoms with van der Waals surface area (Å²) in [5.74, 6) is 0.742. The highest BCUT2D eigenvalue weighted by Crippen LogP contribution is 2.25. The molecule has 2 heterocycles. The highest BCUT2D eigenvalue weighted by atomic mass is 32.2. The largest absolute Gasteiger partial charge is 0.486 e. The molecule has 0 saturated carbocycles. The Morgan fingerprint density at radius 1 is 1.25 bits per heavy atom. The minimum Gasteiger partial charge on any atom is -0.486 e. The summed E-state index contributed by atoms with van der Waals surface area (Å²) in [4.78, 5) is 24.2. The van der Waals surface area contributed by atoms with E-state index in [2.05, 4.69) is 29.0 Å². The summed E-state index contributed by atoms with van der Waals surface area (Å²) in [7, 11) is 1.30. The molecule has 0 fully saturated rings. The van der Waals surface area contributed by atoms with E-state index in [9.17, 15) is 9.59 Å². The number of nitrogens with zero attached hydrogens (tertiary/aromatic N) is 3. The van der Waals surface area contributed by atoms with Gasteiger partial charge in [0.15, 0.2) is 11.0 Å². The van der Waals surface area contributed by atoms with Gasteiger partial charge in [0.2, 0.25) is 5.91 Å². The van der Waals surface area contributed by atoms with Crippen molar-refractivity contribution in [2.45, 2.75) is 31.7 Å². The van der Waals surface area contributed by atoms with E-state index in [0.717, 1.165) is 12.2 Å². The molecule has 0 aliphatic rings. The first-order chi connectivity index (χ1) is 15.5. The second-order valence-electron chi connectivity index (χ2n) is 6.58. The fourth-order valence-corrected chi connectivity index (χ4v) is 4.34. The number of aryl methyl sites for hydroxylation is 1. The molecular weight excluding hydrogens is 448 g/mol. The molecule has 0 unspecified atom stereocenters. The lowest BCUT2D eigenvalue weighted by Gasteiger charge is -2.10. The predicted octanol–water partition coefficient (Wildman–Crippen LogP) is 4.18. The number of allylic oxidation sites excluding steroid dienone is 1. The van der Waals surface area contributed by atoms with Crippen molar-refractivity contribution in [1.29, 1.82) is 0 Å². The Bertz CT molecular complexity index is 1080. The van der Waals surface area contributed by atoms with Gasteiger partial charge in [-0.05, 0) is 35.6 Å².